The van der Waals surface area contributed by atoms with Gasteiger partial charge in [0, 0.05) is 16.6 Å². The van der Waals surface area contributed by atoms with E-state index in [9.17, 15) is 4.39 Å². The highest BCUT2D eigenvalue weighted by molar-refractivity contribution is 5.84. The van der Waals surface area contributed by atoms with Crippen LogP contribution in [0.3, 0.4) is 0 Å². The Morgan fingerprint density at radius 2 is 2.19 bits per heavy atom. The topological polar surface area (TPSA) is 27.8 Å². The third kappa shape index (κ3) is 2.09. The third-order valence-corrected chi connectivity index (χ3v) is 2.88. The molecule has 2 nitrogen and oxygen atoms in total. The van der Waals surface area contributed by atoms with Crippen LogP contribution < -0.4 is 5.32 Å². The van der Waals surface area contributed by atoms with Crippen LogP contribution >= 0.6 is 0 Å². The molecule has 0 bridgehead atoms. The first-order valence-electron chi connectivity index (χ1n) is 5.69. The summed E-state index contributed by atoms with van der Waals surface area (Å²) in [6.45, 7) is 6.08. The Hall–Kier alpha value is -1.35. The van der Waals surface area contributed by atoms with E-state index in [0.29, 0.717) is 0 Å². The summed E-state index contributed by atoms with van der Waals surface area (Å²) < 4.78 is 13.1. The van der Waals surface area contributed by atoms with E-state index in [2.05, 4.69) is 17.2 Å². The lowest BCUT2D eigenvalue weighted by Crippen LogP contribution is -2.16. The van der Waals surface area contributed by atoms with Crippen molar-refractivity contribution in [2.75, 3.05) is 13.1 Å². The maximum Gasteiger partial charge on any atom is 0.125 e. The number of aryl methyl sites for hydroxylation is 1. The standard InChI is InChI=1S/C13H17FN2/c1-3-15-7-6-11-9(2)16-13-8-10(14)4-5-12(11)13/h4-5,8,15-16H,3,6-7H2,1-2H3. The Morgan fingerprint density at radius 3 is 2.94 bits per heavy atom. The van der Waals surface area contributed by atoms with E-state index in [1.54, 1.807) is 6.07 Å². The monoisotopic (exact) mass is 220 g/mol. The summed E-state index contributed by atoms with van der Waals surface area (Å²) in [7, 11) is 0. The molecule has 16 heavy (non-hydrogen) atoms. The van der Waals surface area contributed by atoms with Crippen LogP contribution in [-0.2, 0) is 6.42 Å². The van der Waals surface area contributed by atoms with E-state index in [1.807, 2.05) is 13.0 Å². The van der Waals surface area contributed by atoms with Gasteiger partial charge in [0.1, 0.15) is 5.82 Å². The summed E-state index contributed by atoms with van der Waals surface area (Å²) in [4.78, 5) is 3.23. The van der Waals surface area contributed by atoms with Crippen molar-refractivity contribution in [1.82, 2.24) is 10.3 Å². The highest BCUT2D eigenvalue weighted by Crippen LogP contribution is 2.23. The van der Waals surface area contributed by atoms with Gasteiger partial charge < -0.3 is 10.3 Å². The van der Waals surface area contributed by atoms with Crippen molar-refractivity contribution >= 4 is 10.9 Å². The summed E-state index contributed by atoms with van der Waals surface area (Å²) in [5.74, 6) is -0.188. The van der Waals surface area contributed by atoms with Crippen molar-refractivity contribution in [2.24, 2.45) is 0 Å². The van der Waals surface area contributed by atoms with E-state index < -0.39 is 0 Å². The van der Waals surface area contributed by atoms with Crippen LogP contribution in [0.15, 0.2) is 18.2 Å². The van der Waals surface area contributed by atoms with Crippen LogP contribution in [0.1, 0.15) is 18.2 Å². The zero-order valence-corrected chi connectivity index (χ0v) is 9.73. The summed E-state index contributed by atoms with van der Waals surface area (Å²) >= 11 is 0. The molecule has 0 saturated carbocycles. The summed E-state index contributed by atoms with van der Waals surface area (Å²) in [5.41, 5.74) is 3.32. The Morgan fingerprint density at radius 1 is 1.38 bits per heavy atom. The minimum atomic E-state index is -0.188. The first-order chi connectivity index (χ1) is 7.72. The van der Waals surface area contributed by atoms with Crippen molar-refractivity contribution in [3.8, 4) is 0 Å². The molecule has 0 aliphatic rings. The molecule has 0 saturated heterocycles. The van der Waals surface area contributed by atoms with Crippen molar-refractivity contribution in [1.29, 1.82) is 0 Å². The number of aromatic nitrogens is 1. The van der Waals surface area contributed by atoms with Crippen LogP contribution in [0, 0.1) is 12.7 Å². The second kappa shape index (κ2) is 4.66. The predicted octanol–water partition coefficient (Wildman–Crippen LogP) is 2.77. The molecule has 2 rings (SSSR count). The quantitative estimate of drug-likeness (QED) is 0.762. The van der Waals surface area contributed by atoms with Crippen molar-refractivity contribution in [3.63, 3.8) is 0 Å². The molecule has 1 heterocycles. The largest absolute Gasteiger partial charge is 0.358 e. The number of rotatable bonds is 4. The van der Waals surface area contributed by atoms with Gasteiger partial charge in [0.05, 0.1) is 0 Å². The molecule has 0 fully saturated rings. The smallest absolute Gasteiger partial charge is 0.125 e. The molecule has 0 aliphatic carbocycles. The lowest BCUT2D eigenvalue weighted by atomic mass is 10.1. The Kier molecular flexibility index (Phi) is 3.25. The fourth-order valence-corrected chi connectivity index (χ4v) is 2.07. The normalized spacial score (nSPS) is 11.2. The number of H-pyrrole nitrogens is 1. The third-order valence-electron chi connectivity index (χ3n) is 2.88. The molecular formula is C13H17FN2. The molecule has 0 atom stereocenters. The maximum absolute atomic E-state index is 13.1. The zero-order valence-electron chi connectivity index (χ0n) is 9.73. The molecule has 0 amide bonds. The molecule has 3 heteroatoms. The van der Waals surface area contributed by atoms with Gasteiger partial charge in [-0.05, 0) is 50.2 Å². The Balaban J connectivity index is 2.32. The average Bonchev–Trinajstić information content (AvgIpc) is 2.55. The van der Waals surface area contributed by atoms with Gasteiger partial charge in [-0.3, -0.25) is 0 Å². The first kappa shape index (κ1) is 11.1. The number of benzene rings is 1. The van der Waals surface area contributed by atoms with Crippen molar-refractivity contribution < 1.29 is 4.39 Å². The number of aromatic amines is 1. The van der Waals surface area contributed by atoms with Gasteiger partial charge >= 0.3 is 0 Å². The molecular weight excluding hydrogens is 203 g/mol. The Bertz CT molecular complexity index is 488. The number of likely N-dealkylation sites (N-methyl/N-ethyl adjacent to an activating group) is 1. The molecule has 0 unspecified atom stereocenters. The van der Waals surface area contributed by atoms with Crippen molar-refractivity contribution in [3.05, 3.63) is 35.3 Å². The van der Waals surface area contributed by atoms with Gasteiger partial charge in [0.15, 0.2) is 0 Å². The van der Waals surface area contributed by atoms with Crippen LogP contribution in [0.4, 0.5) is 4.39 Å². The first-order valence-corrected chi connectivity index (χ1v) is 5.69. The lowest BCUT2D eigenvalue weighted by Gasteiger charge is -2.02. The second-order valence-corrected chi connectivity index (χ2v) is 4.02. The van der Waals surface area contributed by atoms with E-state index in [4.69, 9.17) is 0 Å². The fourth-order valence-electron chi connectivity index (χ4n) is 2.07. The van der Waals surface area contributed by atoms with Crippen LogP contribution in [0.25, 0.3) is 10.9 Å². The van der Waals surface area contributed by atoms with Crippen LogP contribution in [0.5, 0.6) is 0 Å². The van der Waals surface area contributed by atoms with E-state index in [-0.39, 0.29) is 5.82 Å². The predicted molar refractivity (Wildman–Crippen MR) is 65.2 cm³/mol. The van der Waals surface area contributed by atoms with E-state index >= 15 is 0 Å². The lowest BCUT2D eigenvalue weighted by molar-refractivity contribution is 0.629. The minimum Gasteiger partial charge on any atom is -0.358 e. The molecule has 0 spiro atoms. The van der Waals surface area contributed by atoms with Gasteiger partial charge in [-0.15, -0.1) is 0 Å². The van der Waals surface area contributed by atoms with Gasteiger partial charge in [-0.2, -0.15) is 0 Å². The molecule has 86 valence electrons. The van der Waals surface area contributed by atoms with E-state index in [0.717, 1.165) is 36.1 Å². The van der Waals surface area contributed by atoms with Gasteiger partial charge in [0.25, 0.3) is 0 Å². The summed E-state index contributed by atoms with van der Waals surface area (Å²) in [6, 6.07) is 4.93. The molecule has 2 aromatic rings. The van der Waals surface area contributed by atoms with E-state index in [1.165, 1.54) is 11.6 Å². The highest BCUT2D eigenvalue weighted by atomic mass is 19.1. The maximum atomic E-state index is 13.1. The molecule has 0 radical (unpaired) electrons. The van der Waals surface area contributed by atoms with Crippen molar-refractivity contribution in [2.45, 2.75) is 20.3 Å². The number of halogens is 1. The number of hydrogen-bond acceptors (Lipinski definition) is 1. The molecule has 0 aliphatic heterocycles. The average molecular weight is 220 g/mol. The number of hydrogen-bond donors (Lipinski definition) is 2. The van der Waals surface area contributed by atoms with Crippen LogP contribution in [-0.4, -0.2) is 18.1 Å². The van der Waals surface area contributed by atoms with Crippen LogP contribution in [0.2, 0.25) is 0 Å². The molecule has 2 N–H and O–H groups in total. The highest BCUT2D eigenvalue weighted by Gasteiger charge is 2.08. The van der Waals surface area contributed by atoms with Gasteiger partial charge in [-0.25, -0.2) is 4.39 Å². The van der Waals surface area contributed by atoms with Gasteiger partial charge in [0.2, 0.25) is 0 Å². The Labute approximate surface area is 94.9 Å². The molecule has 1 aromatic carbocycles. The SMILES string of the molecule is CCNCCc1c(C)[nH]c2cc(F)ccc12. The zero-order chi connectivity index (χ0) is 11.5. The second-order valence-electron chi connectivity index (χ2n) is 4.02. The fraction of sp³-hybridized carbons (Fsp3) is 0.385. The van der Waals surface area contributed by atoms with Gasteiger partial charge in [-0.1, -0.05) is 6.92 Å². The summed E-state index contributed by atoms with van der Waals surface area (Å²) in [5, 5.41) is 4.44. The number of fused-ring (bicyclic) bond motifs is 1. The minimum absolute atomic E-state index is 0.188. The summed E-state index contributed by atoms with van der Waals surface area (Å²) in [6.07, 6.45) is 0.977. The molecule has 1 aromatic heterocycles. The number of nitrogens with one attached hydrogen (secondary N) is 2.